The van der Waals surface area contributed by atoms with Gasteiger partial charge in [-0.15, -0.1) is 4.40 Å². The number of anilines is 1. The van der Waals surface area contributed by atoms with Crippen LogP contribution in [0.1, 0.15) is 20.8 Å². The van der Waals surface area contributed by atoms with Gasteiger partial charge < -0.3 is 15.0 Å². The van der Waals surface area contributed by atoms with E-state index in [1.54, 1.807) is 40.9 Å². The maximum absolute atomic E-state index is 12.7. The Hall–Kier alpha value is -2.35. The molecule has 0 aliphatic heterocycles. The largest absolute Gasteiger partial charge is 0.488 e. The average molecular weight is 367 g/mol. The zero-order chi connectivity index (χ0) is 19.3. The van der Waals surface area contributed by atoms with Crippen molar-refractivity contribution in [3.63, 3.8) is 0 Å². The second-order valence-electron chi connectivity index (χ2n) is 6.60. The lowest BCUT2D eigenvalue weighted by Gasteiger charge is -2.20. The van der Waals surface area contributed by atoms with Crippen LogP contribution in [0.3, 0.4) is 0 Å². The van der Waals surface area contributed by atoms with Gasteiger partial charge in [-0.25, -0.2) is 0 Å². The molecule has 0 aliphatic rings. The molecule has 0 saturated carbocycles. The molecule has 0 spiro atoms. The Morgan fingerprint density at radius 1 is 1.36 bits per heavy atom. The van der Waals surface area contributed by atoms with Crippen LogP contribution in [0, 0.1) is 5.41 Å². The summed E-state index contributed by atoms with van der Waals surface area (Å²) in [5.41, 5.74) is -0.566. The van der Waals surface area contributed by atoms with Crippen LogP contribution in [0.5, 0.6) is 5.75 Å². The maximum Gasteiger partial charge on any atom is 0.289 e. The first kappa shape index (κ1) is 20.7. The van der Waals surface area contributed by atoms with Crippen molar-refractivity contribution in [3.8, 4) is 5.75 Å². The molecule has 7 nitrogen and oxygen atoms in total. The van der Waals surface area contributed by atoms with Crippen LogP contribution in [-0.4, -0.2) is 46.3 Å². The van der Waals surface area contributed by atoms with Crippen molar-refractivity contribution >= 4 is 28.0 Å². The quantitative estimate of drug-likeness (QED) is 0.454. The minimum atomic E-state index is -4.08. The number of ether oxygens (including phenoxy) is 1. The highest BCUT2D eigenvalue weighted by atomic mass is 32.2. The van der Waals surface area contributed by atoms with Crippen molar-refractivity contribution in [3.05, 3.63) is 30.9 Å². The Morgan fingerprint density at radius 2 is 2.00 bits per heavy atom. The van der Waals surface area contributed by atoms with Gasteiger partial charge in [-0.1, -0.05) is 39.5 Å². The predicted molar refractivity (Wildman–Crippen MR) is 99.6 cm³/mol. The van der Waals surface area contributed by atoms with Gasteiger partial charge in [-0.2, -0.15) is 8.42 Å². The van der Waals surface area contributed by atoms with Gasteiger partial charge in [0.2, 0.25) is 5.91 Å². The van der Waals surface area contributed by atoms with E-state index in [2.05, 4.69) is 16.3 Å². The van der Waals surface area contributed by atoms with Gasteiger partial charge in [-0.3, -0.25) is 4.79 Å². The Kier molecular flexibility index (Phi) is 6.75. The fourth-order valence-electron chi connectivity index (χ4n) is 1.66. The van der Waals surface area contributed by atoms with Crippen LogP contribution in [-0.2, 0) is 14.8 Å². The number of amides is 1. The molecular weight excluding hydrogens is 342 g/mol. The highest BCUT2D eigenvalue weighted by Gasteiger charge is 2.27. The number of rotatable bonds is 7. The van der Waals surface area contributed by atoms with Crippen molar-refractivity contribution in [1.29, 1.82) is 0 Å². The van der Waals surface area contributed by atoms with E-state index in [1.165, 1.54) is 29.4 Å². The topological polar surface area (TPSA) is 88.1 Å². The van der Waals surface area contributed by atoms with Crippen molar-refractivity contribution in [1.82, 2.24) is 4.90 Å². The standard InChI is InChI=1S/C17H25N3O4S/c1-7-11-24-14-10-8-9-13(19-16(21)17(2,3)4)15(14)25(22,23)18-12-20(5)6/h7-10,12H,1,11H2,2-6H3,(H,19,21)/b18-12+. The number of nitrogens with zero attached hydrogens (tertiary/aromatic N) is 2. The van der Waals surface area contributed by atoms with Crippen LogP contribution in [0.4, 0.5) is 5.69 Å². The van der Waals surface area contributed by atoms with Crippen LogP contribution in [0.15, 0.2) is 40.1 Å². The number of sulfonamides is 1. The van der Waals surface area contributed by atoms with E-state index >= 15 is 0 Å². The van der Waals surface area contributed by atoms with Crippen molar-refractivity contribution in [2.24, 2.45) is 9.81 Å². The molecule has 0 heterocycles. The number of hydrogen-bond acceptors (Lipinski definition) is 4. The van der Waals surface area contributed by atoms with Gasteiger partial charge in [0.05, 0.1) is 5.69 Å². The minimum absolute atomic E-state index is 0.0996. The fourth-order valence-corrected chi connectivity index (χ4v) is 2.86. The first-order valence-corrected chi connectivity index (χ1v) is 9.08. The molecule has 1 amide bonds. The smallest absolute Gasteiger partial charge is 0.289 e. The van der Waals surface area contributed by atoms with Crippen molar-refractivity contribution < 1.29 is 17.9 Å². The van der Waals surface area contributed by atoms with Crippen molar-refractivity contribution in [2.75, 3.05) is 26.0 Å². The number of carbonyl (C=O) groups is 1. The zero-order valence-electron chi connectivity index (χ0n) is 15.2. The molecule has 1 aromatic carbocycles. The van der Waals surface area contributed by atoms with Crippen LogP contribution in [0.2, 0.25) is 0 Å². The molecule has 0 unspecified atom stereocenters. The predicted octanol–water partition coefficient (Wildman–Crippen LogP) is 2.51. The summed E-state index contributed by atoms with van der Waals surface area (Å²) in [4.78, 5) is 13.6. The lowest BCUT2D eigenvalue weighted by Crippen LogP contribution is -2.28. The first-order valence-electron chi connectivity index (χ1n) is 7.64. The summed E-state index contributed by atoms with van der Waals surface area (Å²) < 4.78 is 34.5. The van der Waals surface area contributed by atoms with Crippen molar-refractivity contribution in [2.45, 2.75) is 25.7 Å². The van der Waals surface area contributed by atoms with Gasteiger partial charge in [-0.05, 0) is 12.1 Å². The summed E-state index contributed by atoms with van der Waals surface area (Å²) in [6.07, 6.45) is 2.68. The molecule has 8 heteroatoms. The lowest BCUT2D eigenvalue weighted by molar-refractivity contribution is -0.123. The number of nitrogens with one attached hydrogen (secondary N) is 1. The van der Waals surface area contributed by atoms with Crippen LogP contribution < -0.4 is 10.1 Å². The molecule has 25 heavy (non-hydrogen) atoms. The molecule has 0 aliphatic carbocycles. The maximum atomic E-state index is 12.7. The second kappa shape index (κ2) is 8.15. The molecule has 1 N–H and O–H groups in total. The van der Waals surface area contributed by atoms with Gasteiger partial charge in [0.25, 0.3) is 10.0 Å². The van der Waals surface area contributed by atoms with Gasteiger partial charge in [0, 0.05) is 19.5 Å². The normalized spacial score (nSPS) is 12.0. The number of benzene rings is 1. The third-order valence-corrected chi connectivity index (χ3v) is 4.25. The third kappa shape index (κ3) is 5.90. The molecule has 0 bridgehead atoms. The van der Waals surface area contributed by atoms with E-state index < -0.39 is 15.4 Å². The molecule has 0 saturated heterocycles. The summed E-state index contributed by atoms with van der Waals surface area (Å²) in [6.45, 7) is 8.88. The van der Waals surface area contributed by atoms with Crippen LogP contribution >= 0.6 is 0 Å². The number of carbonyl (C=O) groups excluding carboxylic acids is 1. The molecule has 0 fully saturated rings. The van der Waals surface area contributed by atoms with E-state index in [4.69, 9.17) is 4.74 Å². The monoisotopic (exact) mass is 367 g/mol. The van der Waals surface area contributed by atoms with E-state index in [0.29, 0.717) is 0 Å². The Bertz CT molecular complexity index is 763. The Balaban J connectivity index is 3.47. The first-order chi connectivity index (χ1) is 11.5. The SMILES string of the molecule is C=CCOc1cccc(NC(=O)C(C)(C)C)c1S(=O)(=O)/N=C/N(C)C. The molecular formula is C17H25N3O4S. The van der Waals surface area contributed by atoms with Gasteiger partial charge in [0.15, 0.2) is 4.90 Å². The van der Waals surface area contributed by atoms with E-state index in [0.717, 1.165) is 0 Å². The molecule has 0 aromatic heterocycles. The molecule has 0 radical (unpaired) electrons. The average Bonchev–Trinajstić information content (AvgIpc) is 2.50. The third-order valence-electron chi connectivity index (χ3n) is 2.94. The summed E-state index contributed by atoms with van der Waals surface area (Å²) >= 11 is 0. The summed E-state index contributed by atoms with van der Waals surface area (Å²) in [5.74, 6) is -0.219. The lowest BCUT2D eigenvalue weighted by atomic mass is 9.95. The molecule has 1 rings (SSSR count). The minimum Gasteiger partial charge on any atom is -0.488 e. The summed E-state index contributed by atoms with van der Waals surface area (Å²) in [5, 5.41) is 2.65. The highest BCUT2D eigenvalue weighted by molar-refractivity contribution is 7.90. The Labute approximate surface area is 149 Å². The molecule has 0 atom stereocenters. The summed E-state index contributed by atoms with van der Waals surface area (Å²) in [7, 11) is -0.776. The summed E-state index contributed by atoms with van der Waals surface area (Å²) in [6, 6.07) is 4.61. The van der Waals surface area contributed by atoms with Gasteiger partial charge >= 0.3 is 0 Å². The molecule has 138 valence electrons. The van der Waals surface area contributed by atoms with E-state index in [-0.39, 0.29) is 28.8 Å². The van der Waals surface area contributed by atoms with E-state index in [1.807, 2.05) is 0 Å². The second-order valence-corrected chi connectivity index (χ2v) is 8.17. The Morgan fingerprint density at radius 3 is 2.52 bits per heavy atom. The van der Waals surface area contributed by atoms with Crippen LogP contribution in [0.25, 0.3) is 0 Å². The van der Waals surface area contributed by atoms with Gasteiger partial charge in [0.1, 0.15) is 18.7 Å². The molecule has 1 aromatic rings. The highest BCUT2D eigenvalue weighted by Crippen LogP contribution is 2.34. The fraction of sp³-hybridized carbons (Fsp3) is 0.412. The zero-order valence-corrected chi connectivity index (χ0v) is 16.1. The number of hydrogen-bond donors (Lipinski definition) is 1. The van der Waals surface area contributed by atoms with E-state index in [9.17, 15) is 13.2 Å².